The molecule has 1 fully saturated rings. The van der Waals surface area contributed by atoms with Crippen molar-refractivity contribution in [3.8, 4) is 0 Å². The Balaban J connectivity index is 1.74. The fraction of sp³-hybridized carbons (Fsp3) is 0.409. The Bertz CT molecular complexity index is 923. The highest BCUT2D eigenvalue weighted by molar-refractivity contribution is 5.76. The van der Waals surface area contributed by atoms with Crippen molar-refractivity contribution in [3.05, 3.63) is 65.7 Å². The van der Waals surface area contributed by atoms with Gasteiger partial charge in [-0.15, -0.1) is 0 Å². The summed E-state index contributed by atoms with van der Waals surface area (Å²) in [7, 11) is 0. The summed E-state index contributed by atoms with van der Waals surface area (Å²) in [6.07, 6.45) is 2.24. The van der Waals surface area contributed by atoms with E-state index in [1.165, 1.54) is 11.6 Å². The first-order valence-corrected chi connectivity index (χ1v) is 9.40. The van der Waals surface area contributed by atoms with Crippen molar-refractivity contribution in [3.63, 3.8) is 0 Å². The van der Waals surface area contributed by atoms with Crippen molar-refractivity contribution in [2.45, 2.75) is 51.7 Å². The molecule has 4 rings (SSSR count). The summed E-state index contributed by atoms with van der Waals surface area (Å²) in [5.74, 6) is 0.966. The van der Waals surface area contributed by atoms with Gasteiger partial charge in [0.15, 0.2) is 0 Å². The zero-order chi connectivity index (χ0) is 18.3. The molecule has 26 heavy (non-hydrogen) atoms. The number of fused-ring (bicyclic) bond motifs is 1. The Kier molecular flexibility index (Phi) is 4.31. The Morgan fingerprint density at radius 1 is 1.12 bits per heavy atom. The Morgan fingerprint density at radius 3 is 2.69 bits per heavy atom. The van der Waals surface area contributed by atoms with Gasteiger partial charge in [-0.2, -0.15) is 0 Å². The van der Waals surface area contributed by atoms with Crippen LogP contribution in [0.3, 0.4) is 0 Å². The van der Waals surface area contributed by atoms with Gasteiger partial charge in [-0.3, -0.25) is 4.90 Å². The van der Waals surface area contributed by atoms with E-state index in [-0.39, 0.29) is 17.4 Å². The van der Waals surface area contributed by atoms with Crippen LogP contribution in [-0.4, -0.2) is 21.0 Å². The van der Waals surface area contributed by atoms with Gasteiger partial charge in [0.1, 0.15) is 11.6 Å². The number of hydrogen-bond donors (Lipinski definition) is 0. The molecular weight excluding hydrogens is 325 g/mol. The first-order chi connectivity index (χ1) is 12.4. The molecule has 1 unspecified atom stereocenters. The van der Waals surface area contributed by atoms with Crippen LogP contribution in [0.15, 0.2) is 48.5 Å². The molecule has 2 heterocycles. The molecule has 0 amide bonds. The van der Waals surface area contributed by atoms with E-state index in [4.69, 9.17) is 4.98 Å². The van der Waals surface area contributed by atoms with E-state index in [0.717, 1.165) is 42.8 Å². The second-order valence-corrected chi connectivity index (χ2v) is 8.22. The quantitative estimate of drug-likeness (QED) is 0.641. The van der Waals surface area contributed by atoms with Gasteiger partial charge in [0.05, 0.1) is 17.1 Å². The van der Waals surface area contributed by atoms with Gasteiger partial charge in [0.25, 0.3) is 0 Å². The summed E-state index contributed by atoms with van der Waals surface area (Å²) in [4.78, 5) is 7.46. The summed E-state index contributed by atoms with van der Waals surface area (Å²) in [5, 5.41) is 0. The predicted octanol–water partition coefficient (Wildman–Crippen LogP) is 5.27. The third-order valence-corrected chi connectivity index (χ3v) is 5.19. The van der Waals surface area contributed by atoms with Gasteiger partial charge < -0.3 is 4.57 Å². The minimum absolute atomic E-state index is 0.0431. The lowest BCUT2D eigenvalue weighted by Gasteiger charge is -2.30. The maximum Gasteiger partial charge on any atom is 0.127 e. The van der Waals surface area contributed by atoms with Crippen LogP contribution < -0.4 is 0 Å². The molecule has 1 atom stereocenters. The molecule has 0 spiro atoms. The predicted molar refractivity (Wildman–Crippen MR) is 104 cm³/mol. The van der Waals surface area contributed by atoms with Crippen LogP contribution in [0.2, 0.25) is 0 Å². The number of para-hydroxylation sites is 2. The fourth-order valence-electron chi connectivity index (χ4n) is 4.15. The van der Waals surface area contributed by atoms with E-state index in [1.54, 1.807) is 12.1 Å². The molecule has 3 nitrogen and oxygen atoms in total. The molecule has 1 aromatic heterocycles. The number of likely N-dealkylation sites (tertiary alicyclic amines) is 1. The lowest BCUT2D eigenvalue weighted by molar-refractivity contribution is 0.225. The van der Waals surface area contributed by atoms with E-state index < -0.39 is 0 Å². The topological polar surface area (TPSA) is 21.1 Å². The molecule has 0 bridgehead atoms. The smallest absolute Gasteiger partial charge is 0.127 e. The highest BCUT2D eigenvalue weighted by Crippen LogP contribution is 2.37. The van der Waals surface area contributed by atoms with E-state index in [0.29, 0.717) is 0 Å². The van der Waals surface area contributed by atoms with Crippen LogP contribution in [0, 0.1) is 5.82 Å². The molecule has 0 radical (unpaired) electrons. The largest absolute Gasteiger partial charge is 0.321 e. The molecule has 136 valence electrons. The zero-order valence-electron chi connectivity index (χ0n) is 15.7. The number of imidazole rings is 1. The van der Waals surface area contributed by atoms with E-state index >= 15 is 0 Å². The van der Waals surface area contributed by atoms with Crippen molar-refractivity contribution in [2.75, 3.05) is 6.54 Å². The minimum atomic E-state index is -0.167. The average Bonchev–Trinajstić information content (AvgIpc) is 3.17. The molecule has 1 aliphatic heterocycles. The Labute approximate surface area is 154 Å². The summed E-state index contributed by atoms with van der Waals surface area (Å²) >= 11 is 0. The molecular formula is C22H26FN3. The first-order valence-electron chi connectivity index (χ1n) is 9.40. The molecule has 1 aliphatic rings. The van der Waals surface area contributed by atoms with Crippen molar-refractivity contribution in [2.24, 2.45) is 0 Å². The van der Waals surface area contributed by atoms with Gasteiger partial charge in [-0.1, -0.05) is 24.3 Å². The monoisotopic (exact) mass is 351 g/mol. The lowest BCUT2D eigenvalue weighted by atomic mass is 10.1. The van der Waals surface area contributed by atoms with Crippen molar-refractivity contribution in [1.82, 2.24) is 14.5 Å². The van der Waals surface area contributed by atoms with Crippen molar-refractivity contribution in [1.29, 1.82) is 0 Å². The maximum absolute atomic E-state index is 13.6. The number of nitrogens with zero attached hydrogens (tertiary/aromatic N) is 3. The van der Waals surface area contributed by atoms with Gasteiger partial charge >= 0.3 is 0 Å². The molecule has 4 heteroatoms. The van der Waals surface area contributed by atoms with Gasteiger partial charge in [-0.05, 0) is 70.0 Å². The maximum atomic E-state index is 13.6. The number of hydrogen-bond acceptors (Lipinski definition) is 2. The van der Waals surface area contributed by atoms with E-state index in [1.807, 2.05) is 12.1 Å². The van der Waals surface area contributed by atoms with Gasteiger partial charge in [-0.25, -0.2) is 9.37 Å². The Morgan fingerprint density at radius 2 is 1.92 bits per heavy atom. The third-order valence-electron chi connectivity index (χ3n) is 5.19. The highest BCUT2D eigenvalue weighted by Gasteiger charge is 2.33. The summed E-state index contributed by atoms with van der Waals surface area (Å²) in [6.45, 7) is 8.48. The van der Waals surface area contributed by atoms with E-state index in [9.17, 15) is 4.39 Å². The third kappa shape index (κ3) is 3.14. The summed E-state index contributed by atoms with van der Waals surface area (Å²) < 4.78 is 16.0. The first kappa shape index (κ1) is 17.2. The minimum Gasteiger partial charge on any atom is -0.321 e. The van der Waals surface area contributed by atoms with Gasteiger partial charge in [0, 0.05) is 12.1 Å². The summed E-state index contributed by atoms with van der Waals surface area (Å²) in [6, 6.07) is 15.6. The van der Waals surface area contributed by atoms with Crippen LogP contribution in [0.5, 0.6) is 0 Å². The standard InChI is InChI=1S/C22H26FN3/c1-22(2,3)26-19-11-5-4-10-18(19)24-21(26)20-12-7-13-25(20)15-16-8-6-9-17(23)14-16/h4-6,8-11,14,20H,7,12-13,15H2,1-3H3. The van der Waals surface area contributed by atoms with Crippen LogP contribution in [-0.2, 0) is 12.1 Å². The molecule has 2 aromatic carbocycles. The van der Waals surface area contributed by atoms with Crippen LogP contribution >= 0.6 is 0 Å². The van der Waals surface area contributed by atoms with Crippen molar-refractivity contribution >= 4 is 11.0 Å². The summed E-state index contributed by atoms with van der Waals surface area (Å²) in [5.41, 5.74) is 3.22. The Hall–Kier alpha value is -2.20. The number of benzene rings is 2. The molecule has 0 saturated carbocycles. The van der Waals surface area contributed by atoms with E-state index in [2.05, 4.69) is 48.4 Å². The number of halogens is 1. The van der Waals surface area contributed by atoms with Crippen LogP contribution in [0.25, 0.3) is 11.0 Å². The second-order valence-electron chi connectivity index (χ2n) is 8.22. The highest BCUT2D eigenvalue weighted by atomic mass is 19.1. The van der Waals surface area contributed by atoms with Gasteiger partial charge in [0.2, 0.25) is 0 Å². The molecule has 0 aliphatic carbocycles. The molecule has 3 aromatic rings. The second kappa shape index (κ2) is 6.51. The fourth-order valence-corrected chi connectivity index (χ4v) is 4.15. The van der Waals surface area contributed by atoms with Crippen LogP contribution in [0.1, 0.15) is 51.0 Å². The van der Waals surface area contributed by atoms with Crippen molar-refractivity contribution < 1.29 is 4.39 Å². The molecule has 0 N–H and O–H groups in total. The lowest BCUT2D eigenvalue weighted by Crippen LogP contribution is -2.30. The number of rotatable bonds is 3. The molecule has 1 saturated heterocycles. The SMILES string of the molecule is CC(C)(C)n1c(C2CCCN2Cc2cccc(F)c2)nc2ccccc21. The number of aromatic nitrogens is 2. The zero-order valence-corrected chi connectivity index (χ0v) is 15.7. The normalized spacial score (nSPS) is 18.7. The average molecular weight is 351 g/mol. The van der Waals surface area contributed by atoms with Crippen LogP contribution in [0.4, 0.5) is 4.39 Å².